The summed E-state index contributed by atoms with van der Waals surface area (Å²) in [6, 6.07) is 0. The van der Waals surface area contributed by atoms with Crippen molar-refractivity contribution < 1.29 is 49.8 Å². The number of hydrogen-bond donors (Lipinski definition) is 0. The predicted octanol–water partition coefficient (Wildman–Crippen LogP) is -0.484. The molecule has 0 rings (SSSR count). The second kappa shape index (κ2) is 17.3. The number of carbonyl (C=O) groups excluding carboxylic acids is 3. The molecule has 0 aliphatic heterocycles. The number of hydrogen-bond acceptors (Lipinski definition) is 6. The van der Waals surface area contributed by atoms with E-state index in [-0.39, 0.29) is 54.7 Å². The van der Waals surface area contributed by atoms with Gasteiger partial charge in [0.1, 0.15) is 0 Å². The van der Waals surface area contributed by atoms with Gasteiger partial charge in [-0.25, -0.2) is 0 Å². The summed E-state index contributed by atoms with van der Waals surface area (Å²) in [6.07, 6.45) is 3.17. The quantitative estimate of drug-likeness (QED) is 0.390. The van der Waals surface area contributed by atoms with E-state index in [1.54, 1.807) is 0 Å². The Morgan fingerprint density at radius 2 is 0.682 bits per heavy atom. The molecule has 1 radical (unpaired) electrons. The van der Waals surface area contributed by atoms with Gasteiger partial charge in [0, 0.05) is 20.1 Å². The SMILES string of the molecule is CC(=O)C=C(C)[O-].CC(=O)C=C(C)[O-].CC(=O)C=C(C)[O-].[Ir]. The van der Waals surface area contributed by atoms with Gasteiger partial charge in [0.05, 0.1) is 0 Å². The third-order valence-electron chi connectivity index (χ3n) is 1.22. The minimum atomic E-state index is -0.187. The Morgan fingerprint density at radius 1 is 0.545 bits per heavy atom. The molecule has 0 bridgehead atoms. The molecule has 0 fully saturated rings. The van der Waals surface area contributed by atoms with Crippen molar-refractivity contribution in [1.82, 2.24) is 0 Å². The predicted molar refractivity (Wildman–Crippen MR) is 73.3 cm³/mol. The zero-order valence-corrected chi connectivity index (χ0v) is 15.9. The van der Waals surface area contributed by atoms with Crippen LogP contribution < -0.4 is 15.3 Å². The van der Waals surface area contributed by atoms with Crippen LogP contribution in [-0.2, 0) is 34.5 Å². The maximum absolute atomic E-state index is 9.98. The fourth-order valence-corrected chi connectivity index (χ4v) is 0.859. The van der Waals surface area contributed by atoms with Gasteiger partial charge < -0.3 is 15.3 Å². The summed E-state index contributed by atoms with van der Waals surface area (Å²) in [5, 5.41) is 29.9. The van der Waals surface area contributed by atoms with Gasteiger partial charge in [-0.3, -0.25) is 14.4 Å². The minimum absolute atomic E-state index is 0. The molecular formula is C15H21IrO6-3. The summed E-state index contributed by atoms with van der Waals surface area (Å²) < 4.78 is 0. The summed E-state index contributed by atoms with van der Waals surface area (Å²) in [7, 11) is 0. The van der Waals surface area contributed by atoms with Gasteiger partial charge in [-0.15, -0.1) is 17.3 Å². The molecule has 0 aliphatic carbocycles. The van der Waals surface area contributed by atoms with E-state index in [0.29, 0.717) is 0 Å². The van der Waals surface area contributed by atoms with Crippen LogP contribution in [0, 0.1) is 0 Å². The van der Waals surface area contributed by atoms with E-state index in [0.717, 1.165) is 18.2 Å². The van der Waals surface area contributed by atoms with Crippen LogP contribution >= 0.6 is 0 Å². The average Bonchev–Trinajstić information content (AvgIpc) is 2.10. The first-order valence-corrected chi connectivity index (χ1v) is 5.96. The number of rotatable bonds is 3. The van der Waals surface area contributed by atoms with Crippen LogP contribution in [0.4, 0.5) is 0 Å². The topological polar surface area (TPSA) is 120 Å². The van der Waals surface area contributed by atoms with Gasteiger partial charge >= 0.3 is 0 Å². The van der Waals surface area contributed by atoms with Gasteiger partial charge in [0.25, 0.3) is 0 Å². The van der Waals surface area contributed by atoms with Crippen molar-refractivity contribution in [3.05, 3.63) is 35.5 Å². The molecule has 0 saturated heterocycles. The van der Waals surface area contributed by atoms with Crippen LogP contribution in [0.15, 0.2) is 35.5 Å². The third kappa shape index (κ3) is 51.7. The molecule has 22 heavy (non-hydrogen) atoms. The fraction of sp³-hybridized carbons (Fsp3) is 0.400. The van der Waals surface area contributed by atoms with E-state index in [1.165, 1.54) is 41.5 Å². The van der Waals surface area contributed by atoms with Crippen molar-refractivity contribution in [2.75, 3.05) is 0 Å². The third-order valence-corrected chi connectivity index (χ3v) is 1.22. The Labute approximate surface area is 144 Å². The van der Waals surface area contributed by atoms with Crippen molar-refractivity contribution in [2.45, 2.75) is 41.5 Å². The van der Waals surface area contributed by atoms with Crippen LogP contribution in [0.3, 0.4) is 0 Å². The Kier molecular flexibility index (Phi) is 22.4. The molecule has 0 atom stereocenters. The summed E-state index contributed by atoms with van der Waals surface area (Å²) in [6.45, 7) is 8.09. The summed E-state index contributed by atoms with van der Waals surface area (Å²) in [5.74, 6) is -1.12. The minimum Gasteiger partial charge on any atom is -0.876 e. The van der Waals surface area contributed by atoms with Crippen LogP contribution in [0.5, 0.6) is 0 Å². The van der Waals surface area contributed by atoms with Crippen LogP contribution in [0.2, 0.25) is 0 Å². The van der Waals surface area contributed by atoms with E-state index >= 15 is 0 Å². The van der Waals surface area contributed by atoms with Crippen LogP contribution in [0.1, 0.15) is 41.5 Å². The van der Waals surface area contributed by atoms with Crippen molar-refractivity contribution >= 4 is 17.3 Å². The van der Waals surface area contributed by atoms with Crippen LogP contribution in [-0.4, -0.2) is 17.3 Å². The van der Waals surface area contributed by atoms with Crippen LogP contribution in [0.25, 0.3) is 0 Å². The van der Waals surface area contributed by atoms with E-state index < -0.39 is 0 Å². The molecule has 0 spiro atoms. The normalized spacial score (nSPS) is 10.9. The molecule has 0 unspecified atom stereocenters. The van der Waals surface area contributed by atoms with E-state index in [4.69, 9.17) is 0 Å². The fourth-order valence-electron chi connectivity index (χ4n) is 0.859. The Hall–Kier alpha value is -1.72. The maximum Gasteiger partial charge on any atom is 0.151 e. The molecule has 6 nitrogen and oxygen atoms in total. The molecule has 0 aromatic carbocycles. The monoisotopic (exact) mass is 490 g/mol. The van der Waals surface area contributed by atoms with Gasteiger partial charge in [0.15, 0.2) is 17.3 Å². The largest absolute Gasteiger partial charge is 0.876 e. The second-order valence-corrected chi connectivity index (χ2v) is 4.10. The van der Waals surface area contributed by atoms with Gasteiger partial charge in [0.2, 0.25) is 0 Å². The second-order valence-electron chi connectivity index (χ2n) is 4.10. The summed E-state index contributed by atoms with van der Waals surface area (Å²) in [5.41, 5.74) is 0. The molecule has 0 aliphatic rings. The van der Waals surface area contributed by atoms with Crippen molar-refractivity contribution in [1.29, 1.82) is 0 Å². The molecule has 0 aromatic heterocycles. The first-order chi connectivity index (χ1) is 9.38. The zero-order chi connectivity index (χ0) is 17.6. The van der Waals surface area contributed by atoms with Gasteiger partial charge in [-0.1, -0.05) is 20.8 Å². The van der Waals surface area contributed by atoms with E-state index in [1.807, 2.05) is 0 Å². The number of allylic oxidation sites excluding steroid dienone is 6. The molecular weight excluding hydrogens is 468 g/mol. The van der Waals surface area contributed by atoms with E-state index in [2.05, 4.69) is 0 Å². The van der Waals surface area contributed by atoms with Crippen molar-refractivity contribution in [3.8, 4) is 0 Å². The number of carbonyl (C=O) groups is 3. The Balaban J connectivity index is -0.000000108. The summed E-state index contributed by atoms with van der Waals surface area (Å²) >= 11 is 0. The zero-order valence-electron chi connectivity index (χ0n) is 13.5. The summed E-state index contributed by atoms with van der Waals surface area (Å²) in [4.78, 5) is 29.9. The van der Waals surface area contributed by atoms with Crippen molar-refractivity contribution in [3.63, 3.8) is 0 Å². The first kappa shape index (κ1) is 28.4. The number of ketones is 3. The van der Waals surface area contributed by atoms with Gasteiger partial charge in [-0.05, 0) is 39.0 Å². The molecule has 0 saturated carbocycles. The van der Waals surface area contributed by atoms with Crippen molar-refractivity contribution in [2.24, 2.45) is 0 Å². The average molecular weight is 490 g/mol. The first-order valence-electron chi connectivity index (χ1n) is 5.96. The molecule has 7 heteroatoms. The van der Waals surface area contributed by atoms with Gasteiger partial charge in [-0.2, -0.15) is 0 Å². The maximum atomic E-state index is 9.98. The standard InChI is InChI=1S/3C5H8O2.Ir/c3*1-4(6)3-5(2)7;/h3*3,6H,1-2H3;/p-3. The molecule has 0 amide bonds. The molecule has 0 aromatic rings. The smallest absolute Gasteiger partial charge is 0.151 e. The molecule has 129 valence electrons. The molecule has 0 heterocycles. The Morgan fingerprint density at radius 3 is 0.682 bits per heavy atom. The Bertz CT molecular complexity index is 368. The molecule has 0 N–H and O–H groups in total. The van der Waals surface area contributed by atoms with E-state index in [9.17, 15) is 29.7 Å².